The van der Waals surface area contributed by atoms with Crippen LogP contribution in [-0.4, -0.2) is 17.8 Å². The Morgan fingerprint density at radius 3 is 2.44 bits per heavy atom. The monoisotopic (exact) mass is 255 g/mol. The predicted octanol–water partition coefficient (Wildman–Crippen LogP) is 2.76. The lowest BCUT2D eigenvalue weighted by Gasteiger charge is -2.41. The SMILES string of the molecule is NC[C@]1(c2ccc(C(F)F)cc2)CCCC[C@@H]1O. The van der Waals surface area contributed by atoms with Gasteiger partial charge in [0, 0.05) is 17.5 Å². The van der Waals surface area contributed by atoms with Crippen molar-refractivity contribution in [1.82, 2.24) is 0 Å². The third kappa shape index (κ3) is 2.27. The van der Waals surface area contributed by atoms with Crippen LogP contribution < -0.4 is 5.73 Å². The molecule has 0 saturated heterocycles. The molecule has 2 nitrogen and oxygen atoms in total. The summed E-state index contributed by atoms with van der Waals surface area (Å²) in [4.78, 5) is 0. The van der Waals surface area contributed by atoms with E-state index in [4.69, 9.17) is 5.73 Å². The van der Waals surface area contributed by atoms with Crippen LogP contribution >= 0.6 is 0 Å². The fraction of sp³-hybridized carbons (Fsp3) is 0.571. The summed E-state index contributed by atoms with van der Waals surface area (Å²) in [6.07, 6.45) is 0.632. The zero-order chi connectivity index (χ0) is 13.2. The van der Waals surface area contributed by atoms with E-state index in [1.54, 1.807) is 12.1 Å². The first kappa shape index (κ1) is 13.4. The smallest absolute Gasteiger partial charge is 0.263 e. The van der Waals surface area contributed by atoms with Gasteiger partial charge in [0.05, 0.1) is 6.10 Å². The summed E-state index contributed by atoms with van der Waals surface area (Å²) in [5.41, 5.74) is 6.28. The lowest BCUT2D eigenvalue weighted by atomic mass is 9.67. The molecule has 0 heterocycles. The van der Waals surface area contributed by atoms with Crippen molar-refractivity contribution in [2.75, 3.05) is 6.54 Å². The Balaban J connectivity index is 2.32. The highest BCUT2D eigenvalue weighted by molar-refractivity contribution is 5.32. The Labute approximate surface area is 106 Å². The molecule has 0 spiro atoms. The van der Waals surface area contributed by atoms with Gasteiger partial charge in [-0.05, 0) is 18.4 Å². The minimum absolute atomic E-state index is 0.0104. The molecule has 100 valence electrons. The molecule has 3 N–H and O–H groups in total. The lowest BCUT2D eigenvalue weighted by Crippen LogP contribution is -2.48. The summed E-state index contributed by atoms with van der Waals surface area (Å²) in [5, 5.41) is 10.2. The molecule has 1 saturated carbocycles. The van der Waals surface area contributed by atoms with Crippen molar-refractivity contribution in [1.29, 1.82) is 0 Å². The van der Waals surface area contributed by atoms with Gasteiger partial charge < -0.3 is 10.8 Å². The molecular formula is C14H19F2NO. The Morgan fingerprint density at radius 1 is 1.28 bits per heavy atom. The molecule has 1 aliphatic rings. The summed E-state index contributed by atoms with van der Waals surface area (Å²) in [6.45, 7) is 0.349. The largest absolute Gasteiger partial charge is 0.392 e. The second kappa shape index (κ2) is 5.33. The minimum Gasteiger partial charge on any atom is -0.392 e. The first-order valence-corrected chi connectivity index (χ1v) is 6.37. The molecule has 2 rings (SSSR count). The van der Waals surface area contributed by atoms with Crippen LogP contribution in [0.15, 0.2) is 24.3 Å². The Kier molecular flexibility index (Phi) is 3.97. The number of alkyl halides is 2. The molecular weight excluding hydrogens is 236 g/mol. The van der Waals surface area contributed by atoms with E-state index in [-0.39, 0.29) is 5.56 Å². The first-order chi connectivity index (χ1) is 8.60. The number of benzene rings is 1. The van der Waals surface area contributed by atoms with Crippen LogP contribution in [0.2, 0.25) is 0 Å². The maximum Gasteiger partial charge on any atom is 0.263 e. The van der Waals surface area contributed by atoms with Crippen molar-refractivity contribution in [2.24, 2.45) is 5.73 Å². The molecule has 2 atom stereocenters. The van der Waals surface area contributed by atoms with Crippen LogP contribution in [0.25, 0.3) is 0 Å². The number of aliphatic hydroxyl groups is 1. The van der Waals surface area contributed by atoms with E-state index in [2.05, 4.69) is 0 Å². The second-order valence-corrected chi connectivity index (χ2v) is 5.04. The quantitative estimate of drug-likeness (QED) is 0.872. The zero-order valence-corrected chi connectivity index (χ0v) is 10.3. The standard InChI is InChI=1S/C14H19F2NO/c15-13(16)10-4-6-11(7-5-10)14(9-17)8-2-1-3-12(14)18/h4-7,12-13,18H,1-3,8-9,17H2/t12-,14-/m0/s1. The molecule has 18 heavy (non-hydrogen) atoms. The molecule has 0 radical (unpaired) electrons. The Morgan fingerprint density at radius 2 is 1.94 bits per heavy atom. The van der Waals surface area contributed by atoms with Crippen molar-refractivity contribution in [3.63, 3.8) is 0 Å². The van der Waals surface area contributed by atoms with E-state index in [9.17, 15) is 13.9 Å². The van der Waals surface area contributed by atoms with E-state index in [1.807, 2.05) is 0 Å². The molecule has 1 fully saturated rings. The van der Waals surface area contributed by atoms with Gasteiger partial charge in [-0.2, -0.15) is 0 Å². The number of rotatable bonds is 3. The summed E-state index contributed by atoms with van der Waals surface area (Å²) in [6, 6.07) is 6.23. The normalized spacial score (nSPS) is 28.6. The van der Waals surface area contributed by atoms with E-state index < -0.39 is 17.9 Å². The Bertz CT molecular complexity index is 393. The van der Waals surface area contributed by atoms with Gasteiger partial charge in [-0.15, -0.1) is 0 Å². The van der Waals surface area contributed by atoms with E-state index >= 15 is 0 Å². The number of aliphatic hydroxyl groups excluding tert-OH is 1. The summed E-state index contributed by atoms with van der Waals surface area (Å²) in [7, 11) is 0. The van der Waals surface area contributed by atoms with Crippen molar-refractivity contribution in [3.05, 3.63) is 35.4 Å². The van der Waals surface area contributed by atoms with Crippen molar-refractivity contribution >= 4 is 0 Å². The van der Waals surface area contributed by atoms with Crippen LogP contribution in [-0.2, 0) is 5.41 Å². The molecule has 0 amide bonds. The van der Waals surface area contributed by atoms with Crippen LogP contribution in [0.4, 0.5) is 8.78 Å². The van der Waals surface area contributed by atoms with Gasteiger partial charge >= 0.3 is 0 Å². The van der Waals surface area contributed by atoms with Crippen molar-refractivity contribution < 1.29 is 13.9 Å². The highest BCUT2D eigenvalue weighted by atomic mass is 19.3. The molecule has 0 aliphatic heterocycles. The predicted molar refractivity (Wildman–Crippen MR) is 66.6 cm³/mol. The van der Waals surface area contributed by atoms with Crippen LogP contribution in [0.3, 0.4) is 0 Å². The zero-order valence-electron chi connectivity index (χ0n) is 10.3. The first-order valence-electron chi connectivity index (χ1n) is 6.37. The van der Waals surface area contributed by atoms with Crippen LogP contribution in [0, 0.1) is 0 Å². The number of hydrogen-bond acceptors (Lipinski definition) is 2. The Hall–Kier alpha value is -1.00. The summed E-state index contributed by atoms with van der Waals surface area (Å²) >= 11 is 0. The molecule has 1 aliphatic carbocycles. The van der Waals surface area contributed by atoms with Gasteiger partial charge in [-0.3, -0.25) is 0 Å². The molecule has 0 bridgehead atoms. The fourth-order valence-electron chi connectivity index (χ4n) is 2.87. The van der Waals surface area contributed by atoms with Gasteiger partial charge in [0.1, 0.15) is 0 Å². The third-order valence-corrected chi connectivity index (χ3v) is 4.09. The van der Waals surface area contributed by atoms with Gasteiger partial charge in [0.2, 0.25) is 0 Å². The van der Waals surface area contributed by atoms with Gasteiger partial charge in [0.25, 0.3) is 6.43 Å². The highest BCUT2D eigenvalue weighted by Gasteiger charge is 2.40. The molecule has 4 heteroatoms. The van der Waals surface area contributed by atoms with Gasteiger partial charge in [0.15, 0.2) is 0 Å². The van der Waals surface area contributed by atoms with E-state index in [0.29, 0.717) is 6.54 Å². The fourth-order valence-corrected chi connectivity index (χ4v) is 2.87. The average Bonchev–Trinajstić information content (AvgIpc) is 2.40. The minimum atomic E-state index is -2.45. The van der Waals surface area contributed by atoms with E-state index in [0.717, 1.165) is 31.2 Å². The van der Waals surface area contributed by atoms with Crippen molar-refractivity contribution in [3.8, 4) is 0 Å². The molecule has 1 aromatic carbocycles. The highest BCUT2D eigenvalue weighted by Crippen LogP contribution is 2.39. The molecule has 0 unspecified atom stereocenters. The van der Waals surface area contributed by atoms with Crippen LogP contribution in [0.1, 0.15) is 43.2 Å². The number of halogens is 2. The lowest BCUT2D eigenvalue weighted by molar-refractivity contribution is 0.0463. The number of nitrogens with two attached hydrogens (primary N) is 1. The summed E-state index contributed by atoms with van der Waals surface area (Å²) in [5.74, 6) is 0. The average molecular weight is 255 g/mol. The molecule has 0 aromatic heterocycles. The second-order valence-electron chi connectivity index (χ2n) is 5.04. The summed E-state index contributed by atoms with van der Waals surface area (Å²) < 4.78 is 25.0. The molecule has 1 aromatic rings. The van der Waals surface area contributed by atoms with Gasteiger partial charge in [-0.25, -0.2) is 8.78 Å². The number of hydrogen-bond donors (Lipinski definition) is 2. The van der Waals surface area contributed by atoms with Gasteiger partial charge in [-0.1, -0.05) is 37.1 Å². The van der Waals surface area contributed by atoms with Crippen molar-refractivity contribution in [2.45, 2.75) is 43.6 Å². The van der Waals surface area contributed by atoms with E-state index in [1.165, 1.54) is 12.1 Å². The maximum absolute atomic E-state index is 12.5. The topological polar surface area (TPSA) is 46.2 Å². The third-order valence-electron chi connectivity index (χ3n) is 4.09. The maximum atomic E-state index is 12.5. The van der Waals surface area contributed by atoms with Crippen LogP contribution in [0.5, 0.6) is 0 Å².